The topological polar surface area (TPSA) is 141 Å². The lowest BCUT2D eigenvalue weighted by molar-refractivity contribution is -0.384. The molecule has 0 saturated carbocycles. The fourth-order valence-electron chi connectivity index (χ4n) is 3.95. The van der Waals surface area contributed by atoms with Crippen LogP contribution in [0.4, 0.5) is 11.4 Å². The lowest BCUT2D eigenvalue weighted by Crippen LogP contribution is -2.43. The lowest BCUT2D eigenvalue weighted by atomic mass is 10.1. The number of nitrogens with zero attached hydrogens (tertiary/aromatic N) is 2. The Bertz CT molecular complexity index is 1140. The summed E-state index contributed by atoms with van der Waals surface area (Å²) in [6, 6.07) is 11.3. The highest BCUT2D eigenvalue weighted by molar-refractivity contribution is 8.13. The van der Waals surface area contributed by atoms with Crippen LogP contribution in [0.3, 0.4) is 0 Å². The smallest absolute Gasteiger partial charge is 0.269 e. The Kier molecular flexibility index (Phi) is 6.89. The molecule has 168 valence electrons. The van der Waals surface area contributed by atoms with Gasteiger partial charge in [-0.15, -0.1) is 0 Å². The van der Waals surface area contributed by atoms with Gasteiger partial charge in [-0.3, -0.25) is 10.1 Å². The van der Waals surface area contributed by atoms with E-state index in [1.165, 1.54) is 0 Å². The third kappa shape index (κ3) is 5.35. The van der Waals surface area contributed by atoms with Crippen molar-refractivity contribution in [3.05, 3.63) is 58.6 Å². The van der Waals surface area contributed by atoms with E-state index in [1.54, 1.807) is 28.6 Å². The Morgan fingerprint density at radius 2 is 1.35 bits per heavy atom. The molecule has 2 fully saturated rings. The van der Waals surface area contributed by atoms with Gasteiger partial charge in [-0.25, -0.2) is 16.8 Å². The number of nitro groups is 1. The molecule has 0 radical (unpaired) electrons. The first-order chi connectivity index (χ1) is 14.5. The monoisotopic (exact) mass is 487 g/mol. The number of hydrogen-bond donors (Lipinski definition) is 1. The van der Waals surface area contributed by atoms with Crippen LogP contribution in [0.2, 0.25) is 0 Å². The first kappa shape index (κ1) is 23.5. The molecule has 12 heteroatoms. The Hall–Kier alpha value is -2.21. The van der Waals surface area contributed by atoms with Crippen LogP contribution in [-0.4, -0.2) is 38.1 Å². The molecule has 2 bridgehead atoms. The molecule has 0 spiro atoms. The van der Waals surface area contributed by atoms with E-state index in [4.69, 9.17) is 16.4 Å². The van der Waals surface area contributed by atoms with Crippen LogP contribution in [0.5, 0.6) is 0 Å². The second-order valence-electron chi connectivity index (χ2n) is 7.41. The largest absolute Gasteiger partial charge is 0.399 e. The van der Waals surface area contributed by atoms with Crippen LogP contribution < -0.4 is 5.73 Å². The number of halogens is 1. The minimum absolute atomic E-state index is 0.153. The molecule has 0 amide bonds. The van der Waals surface area contributed by atoms with Gasteiger partial charge in [0.15, 0.2) is 0 Å². The second kappa shape index (κ2) is 9.11. The predicted octanol–water partition coefficient (Wildman–Crippen LogP) is 3.50. The maximum Gasteiger partial charge on any atom is 0.269 e. The Morgan fingerprint density at radius 1 is 0.871 bits per heavy atom. The summed E-state index contributed by atoms with van der Waals surface area (Å²) in [5, 5.41) is 10.2. The van der Waals surface area contributed by atoms with Gasteiger partial charge in [-0.05, 0) is 62.1 Å². The van der Waals surface area contributed by atoms with Gasteiger partial charge in [0.1, 0.15) is 0 Å². The zero-order valence-electron chi connectivity index (χ0n) is 16.4. The summed E-state index contributed by atoms with van der Waals surface area (Å²) >= 11 is 0. The van der Waals surface area contributed by atoms with Gasteiger partial charge in [0.25, 0.3) is 14.7 Å². The summed E-state index contributed by atoms with van der Waals surface area (Å²) in [6.45, 7) is 0. The van der Waals surface area contributed by atoms with Crippen LogP contribution in [0.25, 0.3) is 0 Å². The van der Waals surface area contributed by atoms with Crippen LogP contribution in [0, 0.1) is 10.1 Å². The van der Waals surface area contributed by atoms with Crippen molar-refractivity contribution in [2.24, 2.45) is 0 Å². The molecule has 4 rings (SSSR count). The van der Waals surface area contributed by atoms with Gasteiger partial charge in [-0.2, -0.15) is 4.31 Å². The van der Waals surface area contributed by atoms with Crippen molar-refractivity contribution >= 4 is 41.1 Å². The highest BCUT2D eigenvalue weighted by atomic mass is 35.7. The van der Waals surface area contributed by atoms with Crippen LogP contribution in [0.15, 0.2) is 58.3 Å². The van der Waals surface area contributed by atoms with E-state index in [0.717, 1.165) is 56.4 Å². The number of piperidine rings is 1. The van der Waals surface area contributed by atoms with E-state index in [1.807, 2.05) is 0 Å². The fourth-order valence-corrected chi connectivity index (χ4v) is 6.65. The summed E-state index contributed by atoms with van der Waals surface area (Å²) < 4.78 is 48.5. The van der Waals surface area contributed by atoms with Crippen molar-refractivity contribution in [1.82, 2.24) is 4.31 Å². The van der Waals surface area contributed by atoms with Crippen LogP contribution >= 0.6 is 10.7 Å². The summed E-state index contributed by atoms with van der Waals surface area (Å²) in [7, 11) is -2.14. The lowest BCUT2D eigenvalue weighted by Gasteiger charge is -2.33. The quantitative estimate of drug-likeness (QED) is 0.301. The number of anilines is 1. The zero-order valence-corrected chi connectivity index (χ0v) is 18.8. The molecule has 0 aromatic heterocycles. The average Bonchev–Trinajstić information content (AvgIpc) is 2.99. The van der Waals surface area contributed by atoms with Crippen molar-refractivity contribution in [2.75, 3.05) is 5.73 Å². The zero-order chi connectivity index (χ0) is 22.8. The average molecular weight is 488 g/mol. The highest BCUT2D eigenvalue weighted by Crippen LogP contribution is 2.39. The standard InChI is InChI=1S/C13H18N2O2S.C6H4ClNO4S/c14-10-4-8-13(9-5-10)18(16,17)15-11-2-1-3-12(15)7-6-11;7-13(11,12)6-3-1-5(2-4-6)8(9)10/h4-5,8-9,11-12H,1-3,6-7,14H2;1-4H. The predicted molar refractivity (Wildman–Crippen MR) is 117 cm³/mol. The fraction of sp³-hybridized carbons (Fsp3) is 0.368. The van der Waals surface area contributed by atoms with Crippen molar-refractivity contribution in [2.45, 2.75) is 54.0 Å². The van der Waals surface area contributed by atoms with Crippen molar-refractivity contribution in [3.63, 3.8) is 0 Å². The molecular weight excluding hydrogens is 466 g/mol. The van der Waals surface area contributed by atoms with Gasteiger partial charge in [-0.1, -0.05) is 6.42 Å². The number of non-ortho nitro benzene ring substituents is 1. The molecule has 2 aliphatic heterocycles. The minimum Gasteiger partial charge on any atom is -0.399 e. The maximum absolute atomic E-state index is 12.6. The molecule has 2 aliphatic rings. The number of sulfonamides is 1. The van der Waals surface area contributed by atoms with Crippen molar-refractivity contribution < 1.29 is 21.8 Å². The third-order valence-corrected chi connectivity index (χ3v) is 8.80. The molecule has 2 N–H and O–H groups in total. The maximum atomic E-state index is 12.6. The Morgan fingerprint density at radius 3 is 1.81 bits per heavy atom. The number of benzene rings is 2. The summed E-state index contributed by atoms with van der Waals surface area (Å²) in [6.07, 6.45) is 5.19. The van der Waals surface area contributed by atoms with Gasteiger partial charge >= 0.3 is 0 Å². The number of nitrogen functional groups attached to an aromatic ring is 1. The second-order valence-corrected chi connectivity index (χ2v) is 11.8. The molecule has 9 nitrogen and oxygen atoms in total. The Labute approximate surface area is 185 Å². The summed E-state index contributed by atoms with van der Waals surface area (Å²) in [5.74, 6) is 0. The third-order valence-electron chi connectivity index (χ3n) is 5.41. The molecular formula is C19H22ClN3O6S2. The first-order valence-electron chi connectivity index (χ1n) is 9.58. The first-order valence-corrected chi connectivity index (χ1v) is 13.3. The molecule has 2 heterocycles. The number of hydrogen-bond acceptors (Lipinski definition) is 7. The molecule has 2 aromatic carbocycles. The number of fused-ring (bicyclic) bond motifs is 2. The van der Waals surface area contributed by atoms with Gasteiger partial charge < -0.3 is 5.73 Å². The minimum atomic E-state index is -3.80. The molecule has 2 saturated heterocycles. The molecule has 2 aromatic rings. The van der Waals surface area contributed by atoms with E-state index in [0.29, 0.717) is 10.6 Å². The van der Waals surface area contributed by atoms with E-state index in [-0.39, 0.29) is 22.7 Å². The van der Waals surface area contributed by atoms with Crippen molar-refractivity contribution in [3.8, 4) is 0 Å². The normalized spacial score (nSPS) is 21.2. The number of rotatable bonds is 4. The summed E-state index contributed by atoms with van der Waals surface area (Å²) in [5.41, 5.74) is 6.02. The van der Waals surface area contributed by atoms with Crippen LogP contribution in [0.1, 0.15) is 32.1 Å². The van der Waals surface area contributed by atoms with E-state index in [9.17, 15) is 26.9 Å². The van der Waals surface area contributed by atoms with Gasteiger partial charge in [0.2, 0.25) is 10.0 Å². The van der Waals surface area contributed by atoms with E-state index >= 15 is 0 Å². The number of nitro benzene ring substituents is 1. The van der Waals surface area contributed by atoms with Gasteiger partial charge in [0.05, 0.1) is 14.7 Å². The van der Waals surface area contributed by atoms with Gasteiger partial charge in [0, 0.05) is 40.6 Å². The number of nitrogens with two attached hydrogens (primary N) is 1. The van der Waals surface area contributed by atoms with Crippen molar-refractivity contribution in [1.29, 1.82) is 0 Å². The summed E-state index contributed by atoms with van der Waals surface area (Å²) in [4.78, 5) is 9.78. The molecule has 2 atom stereocenters. The highest BCUT2D eigenvalue weighted by Gasteiger charge is 2.44. The van der Waals surface area contributed by atoms with E-state index < -0.39 is 24.0 Å². The van der Waals surface area contributed by atoms with E-state index in [2.05, 4.69) is 0 Å². The molecule has 31 heavy (non-hydrogen) atoms. The Balaban J connectivity index is 0.000000187. The van der Waals surface area contributed by atoms with Crippen LogP contribution in [-0.2, 0) is 19.1 Å². The molecule has 0 aliphatic carbocycles. The SMILES string of the molecule is Nc1ccc(S(=O)(=O)N2C3CCCC2CC3)cc1.O=[N+]([O-])c1ccc(S(=O)(=O)Cl)cc1. The molecule has 2 unspecified atom stereocenters.